The van der Waals surface area contributed by atoms with Crippen molar-refractivity contribution in [3.8, 4) is 5.75 Å². The van der Waals surface area contributed by atoms with Crippen LogP contribution in [0.3, 0.4) is 0 Å². The van der Waals surface area contributed by atoms with Crippen LogP contribution < -0.4 is 4.74 Å². The monoisotopic (exact) mass is 276 g/mol. The van der Waals surface area contributed by atoms with Gasteiger partial charge in [0.1, 0.15) is 5.75 Å². The van der Waals surface area contributed by atoms with Crippen LogP contribution in [0.1, 0.15) is 15.9 Å². The van der Waals surface area contributed by atoms with Crippen molar-refractivity contribution < 1.29 is 14.3 Å². The molecule has 1 heterocycles. The summed E-state index contributed by atoms with van der Waals surface area (Å²) < 4.78 is 11.0. The van der Waals surface area contributed by atoms with Gasteiger partial charge < -0.3 is 9.47 Å². The molecule has 1 aliphatic heterocycles. The lowest BCUT2D eigenvalue weighted by Gasteiger charge is -2.19. The first-order chi connectivity index (χ1) is 6.70. The standard InChI is InChI=1S/C9H6BrClO3/c10-6-1-2-7-5(3-13-4-14-7)8(6)9(11)12/h1-2H,3-4H2. The maximum atomic E-state index is 11.2. The van der Waals surface area contributed by atoms with Crippen molar-refractivity contribution in [3.63, 3.8) is 0 Å². The van der Waals surface area contributed by atoms with Crippen LogP contribution in [-0.4, -0.2) is 12.0 Å². The van der Waals surface area contributed by atoms with Crippen molar-refractivity contribution >= 4 is 32.8 Å². The second-order valence-electron chi connectivity index (χ2n) is 2.78. The van der Waals surface area contributed by atoms with Crippen molar-refractivity contribution in [2.75, 3.05) is 6.79 Å². The average Bonchev–Trinajstić information content (AvgIpc) is 2.17. The zero-order valence-corrected chi connectivity index (χ0v) is 9.39. The SMILES string of the molecule is O=C(Cl)c1c(Br)ccc2c1COCO2. The fourth-order valence-electron chi connectivity index (χ4n) is 1.34. The molecular weight excluding hydrogens is 271 g/mol. The van der Waals surface area contributed by atoms with Gasteiger partial charge in [0.2, 0.25) is 0 Å². The highest BCUT2D eigenvalue weighted by atomic mass is 79.9. The van der Waals surface area contributed by atoms with Crippen LogP contribution in [0.15, 0.2) is 16.6 Å². The van der Waals surface area contributed by atoms with Crippen LogP contribution in [0.4, 0.5) is 0 Å². The fourth-order valence-corrected chi connectivity index (χ4v) is 2.22. The molecule has 0 saturated carbocycles. The number of carbonyl (C=O) groups is 1. The number of benzene rings is 1. The minimum Gasteiger partial charge on any atom is -0.467 e. The Morgan fingerprint density at radius 2 is 2.29 bits per heavy atom. The summed E-state index contributed by atoms with van der Waals surface area (Å²) in [5.41, 5.74) is 1.12. The second-order valence-corrected chi connectivity index (χ2v) is 3.98. The van der Waals surface area contributed by atoms with E-state index in [1.165, 1.54) is 0 Å². The van der Waals surface area contributed by atoms with Gasteiger partial charge in [-0.25, -0.2) is 0 Å². The van der Waals surface area contributed by atoms with Crippen LogP contribution in [0.5, 0.6) is 5.75 Å². The van der Waals surface area contributed by atoms with Crippen LogP contribution in [-0.2, 0) is 11.3 Å². The number of hydrogen-bond acceptors (Lipinski definition) is 3. The Bertz CT molecular complexity index is 392. The third-order valence-corrected chi connectivity index (χ3v) is 2.81. The topological polar surface area (TPSA) is 35.5 Å². The lowest BCUT2D eigenvalue weighted by atomic mass is 10.1. The predicted molar refractivity (Wildman–Crippen MR) is 54.6 cm³/mol. The first kappa shape index (κ1) is 9.96. The molecule has 74 valence electrons. The molecule has 2 rings (SSSR count). The smallest absolute Gasteiger partial charge is 0.254 e. The van der Waals surface area contributed by atoms with Crippen molar-refractivity contribution in [3.05, 3.63) is 27.7 Å². The lowest BCUT2D eigenvalue weighted by molar-refractivity contribution is -0.0167. The van der Waals surface area contributed by atoms with E-state index in [-0.39, 0.29) is 6.79 Å². The highest BCUT2D eigenvalue weighted by molar-refractivity contribution is 9.10. The molecule has 0 saturated heterocycles. The molecule has 0 N–H and O–H groups in total. The van der Waals surface area contributed by atoms with Gasteiger partial charge in [-0.3, -0.25) is 4.79 Å². The average molecular weight is 278 g/mol. The number of rotatable bonds is 1. The second kappa shape index (κ2) is 3.88. The predicted octanol–water partition coefficient (Wildman–Crippen LogP) is 2.69. The van der Waals surface area contributed by atoms with E-state index in [2.05, 4.69) is 15.9 Å². The molecule has 14 heavy (non-hydrogen) atoms. The Kier molecular flexibility index (Phi) is 2.76. The Labute approximate surface area is 94.1 Å². The molecule has 0 spiro atoms. The van der Waals surface area contributed by atoms with E-state index in [0.29, 0.717) is 28.0 Å². The quantitative estimate of drug-likeness (QED) is 0.740. The van der Waals surface area contributed by atoms with Gasteiger partial charge in [0, 0.05) is 10.0 Å². The molecule has 5 heteroatoms. The molecule has 1 aromatic rings. The lowest BCUT2D eigenvalue weighted by Crippen LogP contribution is -2.14. The first-order valence-electron chi connectivity index (χ1n) is 3.92. The number of hydrogen-bond donors (Lipinski definition) is 0. The molecule has 0 bridgehead atoms. The molecule has 0 unspecified atom stereocenters. The Morgan fingerprint density at radius 3 is 3.00 bits per heavy atom. The summed E-state index contributed by atoms with van der Waals surface area (Å²) >= 11 is 8.72. The molecule has 0 amide bonds. The first-order valence-corrected chi connectivity index (χ1v) is 5.09. The van der Waals surface area contributed by atoms with Gasteiger partial charge >= 0.3 is 0 Å². The zero-order valence-electron chi connectivity index (χ0n) is 7.05. The highest BCUT2D eigenvalue weighted by Gasteiger charge is 2.20. The zero-order chi connectivity index (χ0) is 10.1. The van der Waals surface area contributed by atoms with Gasteiger partial charge in [0.25, 0.3) is 5.24 Å². The van der Waals surface area contributed by atoms with Gasteiger partial charge in [-0.05, 0) is 39.7 Å². The Hall–Kier alpha value is -0.580. The third kappa shape index (κ3) is 1.65. The summed E-state index contributed by atoms with van der Waals surface area (Å²) in [4.78, 5) is 11.2. The molecule has 1 aliphatic rings. The van der Waals surface area contributed by atoms with Gasteiger partial charge in [-0.15, -0.1) is 0 Å². The fraction of sp³-hybridized carbons (Fsp3) is 0.222. The van der Waals surface area contributed by atoms with Crippen LogP contribution in [0.25, 0.3) is 0 Å². The Balaban J connectivity index is 2.60. The maximum absolute atomic E-state index is 11.2. The Morgan fingerprint density at radius 1 is 1.50 bits per heavy atom. The highest BCUT2D eigenvalue weighted by Crippen LogP contribution is 2.32. The molecule has 0 radical (unpaired) electrons. The van der Waals surface area contributed by atoms with E-state index in [1.54, 1.807) is 12.1 Å². The summed E-state index contributed by atoms with van der Waals surface area (Å²) in [5, 5.41) is -0.511. The molecule has 1 aromatic carbocycles. The summed E-state index contributed by atoms with van der Waals surface area (Å²) in [6.45, 7) is 0.563. The number of ether oxygens (including phenoxy) is 2. The van der Waals surface area contributed by atoms with Crippen molar-refractivity contribution in [2.45, 2.75) is 6.61 Å². The van der Waals surface area contributed by atoms with E-state index in [0.717, 1.165) is 0 Å². The molecule has 0 atom stereocenters. The van der Waals surface area contributed by atoms with Gasteiger partial charge in [-0.1, -0.05) is 0 Å². The molecule has 0 aliphatic carbocycles. The van der Waals surface area contributed by atoms with Crippen molar-refractivity contribution in [1.82, 2.24) is 0 Å². The number of fused-ring (bicyclic) bond motifs is 1. The molecule has 3 nitrogen and oxygen atoms in total. The van der Waals surface area contributed by atoms with E-state index in [1.807, 2.05) is 0 Å². The van der Waals surface area contributed by atoms with Gasteiger partial charge in [-0.2, -0.15) is 0 Å². The van der Waals surface area contributed by atoms with Crippen LogP contribution in [0.2, 0.25) is 0 Å². The van der Waals surface area contributed by atoms with Crippen molar-refractivity contribution in [2.24, 2.45) is 0 Å². The minimum atomic E-state index is -0.511. The van der Waals surface area contributed by atoms with Crippen LogP contribution in [0, 0.1) is 0 Å². The summed E-state index contributed by atoms with van der Waals surface area (Å²) in [6, 6.07) is 3.52. The molecule has 0 aromatic heterocycles. The van der Waals surface area contributed by atoms with Crippen LogP contribution >= 0.6 is 27.5 Å². The number of halogens is 2. The largest absolute Gasteiger partial charge is 0.467 e. The summed E-state index contributed by atoms with van der Waals surface area (Å²) in [6.07, 6.45) is 0. The van der Waals surface area contributed by atoms with E-state index >= 15 is 0 Å². The third-order valence-electron chi connectivity index (χ3n) is 1.96. The normalized spacial score (nSPS) is 14.4. The summed E-state index contributed by atoms with van der Waals surface area (Å²) in [5.74, 6) is 0.656. The van der Waals surface area contributed by atoms with Crippen molar-refractivity contribution in [1.29, 1.82) is 0 Å². The molecule has 0 fully saturated rings. The van der Waals surface area contributed by atoms with Gasteiger partial charge in [0.15, 0.2) is 6.79 Å². The van der Waals surface area contributed by atoms with E-state index in [9.17, 15) is 4.79 Å². The summed E-state index contributed by atoms with van der Waals surface area (Å²) in [7, 11) is 0. The van der Waals surface area contributed by atoms with E-state index < -0.39 is 5.24 Å². The molecular formula is C9H6BrClO3. The van der Waals surface area contributed by atoms with E-state index in [4.69, 9.17) is 21.1 Å². The minimum absolute atomic E-state index is 0.213. The maximum Gasteiger partial charge on any atom is 0.254 e. The number of carbonyl (C=O) groups excluding carboxylic acids is 1. The van der Waals surface area contributed by atoms with Gasteiger partial charge in [0.05, 0.1) is 12.2 Å².